The molecule has 0 aromatic heterocycles. The highest BCUT2D eigenvalue weighted by Gasteiger charge is 2.31. The lowest BCUT2D eigenvalue weighted by atomic mass is 9.78. The van der Waals surface area contributed by atoms with Crippen molar-refractivity contribution in [1.29, 1.82) is 0 Å². The summed E-state index contributed by atoms with van der Waals surface area (Å²) in [6, 6.07) is 12.0. The molecule has 20 heavy (non-hydrogen) atoms. The Morgan fingerprint density at radius 3 is 2.20 bits per heavy atom. The third kappa shape index (κ3) is 3.44. The molecule has 1 aliphatic carbocycles. The molecule has 0 radical (unpaired) electrons. The van der Waals surface area contributed by atoms with Gasteiger partial charge >= 0.3 is 0 Å². The van der Waals surface area contributed by atoms with Crippen LogP contribution >= 0.6 is 0 Å². The molecule has 2 aliphatic rings. The van der Waals surface area contributed by atoms with Gasteiger partial charge in [0.15, 0.2) is 0 Å². The monoisotopic (exact) mass is 271 g/mol. The van der Waals surface area contributed by atoms with Crippen molar-refractivity contribution in [2.75, 3.05) is 6.54 Å². The maximum absolute atomic E-state index is 3.93. The van der Waals surface area contributed by atoms with Crippen LogP contribution in [0.25, 0.3) is 0 Å². The van der Waals surface area contributed by atoms with E-state index in [1.165, 1.54) is 64.3 Å². The van der Waals surface area contributed by atoms with Gasteiger partial charge in [0.05, 0.1) is 0 Å². The van der Waals surface area contributed by atoms with E-state index >= 15 is 0 Å². The second kappa shape index (κ2) is 7.26. The molecule has 0 amide bonds. The van der Waals surface area contributed by atoms with Gasteiger partial charge in [0.25, 0.3) is 0 Å². The van der Waals surface area contributed by atoms with E-state index in [-0.39, 0.29) is 0 Å². The summed E-state index contributed by atoms with van der Waals surface area (Å²) >= 11 is 0. The van der Waals surface area contributed by atoms with E-state index in [2.05, 4.69) is 35.6 Å². The molecule has 2 atom stereocenters. The lowest BCUT2D eigenvalue weighted by molar-refractivity contribution is 0.286. The number of nitrogens with one attached hydrogen (secondary N) is 1. The van der Waals surface area contributed by atoms with Crippen molar-refractivity contribution in [3.05, 3.63) is 35.9 Å². The second-order valence-electron chi connectivity index (χ2n) is 6.74. The average molecular weight is 271 g/mol. The van der Waals surface area contributed by atoms with Crippen LogP contribution in [0.5, 0.6) is 0 Å². The third-order valence-electron chi connectivity index (χ3n) is 5.39. The molecule has 1 aromatic rings. The van der Waals surface area contributed by atoms with Crippen molar-refractivity contribution in [2.24, 2.45) is 5.92 Å². The smallest absolute Gasteiger partial charge is 0.0164 e. The lowest BCUT2D eigenvalue weighted by Crippen LogP contribution is -2.40. The summed E-state index contributed by atoms with van der Waals surface area (Å²) in [5, 5.41) is 3.93. The van der Waals surface area contributed by atoms with Crippen molar-refractivity contribution in [3.8, 4) is 0 Å². The van der Waals surface area contributed by atoms with E-state index < -0.39 is 0 Å². The molecule has 1 saturated carbocycles. The van der Waals surface area contributed by atoms with E-state index in [4.69, 9.17) is 0 Å². The number of benzene rings is 1. The molecule has 1 nitrogen and oxygen atoms in total. The number of hydrogen-bond acceptors (Lipinski definition) is 1. The molecule has 0 bridgehead atoms. The SMILES string of the molecule is c1ccc(C2CCCCNC2C2CCCCCC2)cc1. The van der Waals surface area contributed by atoms with Crippen LogP contribution in [0.15, 0.2) is 30.3 Å². The second-order valence-corrected chi connectivity index (χ2v) is 6.74. The van der Waals surface area contributed by atoms with Crippen LogP contribution in [0.3, 0.4) is 0 Å². The fourth-order valence-corrected chi connectivity index (χ4v) is 4.32. The van der Waals surface area contributed by atoms with Gasteiger partial charge < -0.3 is 5.32 Å². The quantitative estimate of drug-likeness (QED) is 0.756. The van der Waals surface area contributed by atoms with Crippen LogP contribution in [0, 0.1) is 5.92 Å². The molecular formula is C19H29N. The van der Waals surface area contributed by atoms with Crippen molar-refractivity contribution in [3.63, 3.8) is 0 Å². The van der Waals surface area contributed by atoms with Gasteiger partial charge in [-0.3, -0.25) is 0 Å². The van der Waals surface area contributed by atoms with E-state index in [0.717, 1.165) is 17.9 Å². The largest absolute Gasteiger partial charge is 0.313 e. The standard InChI is InChI=1S/C19H29N/c1-2-5-13-17(12-4-1)19-18(14-8-9-15-20-19)16-10-6-3-7-11-16/h3,6-7,10-11,17-20H,1-2,4-5,8-9,12-15H2. The van der Waals surface area contributed by atoms with E-state index in [0.29, 0.717) is 0 Å². The van der Waals surface area contributed by atoms with Gasteiger partial charge in [0.1, 0.15) is 0 Å². The Kier molecular flexibility index (Phi) is 5.13. The molecule has 1 aromatic carbocycles. The first-order valence-electron chi connectivity index (χ1n) is 8.73. The zero-order chi connectivity index (χ0) is 13.6. The Morgan fingerprint density at radius 1 is 0.750 bits per heavy atom. The van der Waals surface area contributed by atoms with Crippen LogP contribution in [0.4, 0.5) is 0 Å². The predicted octanol–water partition coefficient (Wildman–Crippen LogP) is 4.88. The third-order valence-corrected chi connectivity index (χ3v) is 5.39. The lowest BCUT2D eigenvalue weighted by Gasteiger charge is -2.33. The highest BCUT2D eigenvalue weighted by molar-refractivity contribution is 5.22. The molecule has 1 aliphatic heterocycles. The summed E-state index contributed by atoms with van der Waals surface area (Å²) in [6.45, 7) is 1.23. The zero-order valence-electron chi connectivity index (χ0n) is 12.7. The summed E-state index contributed by atoms with van der Waals surface area (Å²) in [7, 11) is 0. The molecule has 110 valence electrons. The maximum atomic E-state index is 3.93. The Hall–Kier alpha value is -0.820. The summed E-state index contributed by atoms with van der Waals surface area (Å²) in [5.74, 6) is 1.64. The minimum Gasteiger partial charge on any atom is -0.313 e. The van der Waals surface area contributed by atoms with Crippen molar-refractivity contribution in [2.45, 2.75) is 69.7 Å². The van der Waals surface area contributed by atoms with Gasteiger partial charge in [-0.15, -0.1) is 0 Å². The van der Waals surface area contributed by atoms with Gasteiger partial charge in [-0.1, -0.05) is 62.4 Å². The van der Waals surface area contributed by atoms with Gasteiger partial charge in [-0.2, -0.15) is 0 Å². The topological polar surface area (TPSA) is 12.0 Å². The number of rotatable bonds is 2. The van der Waals surface area contributed by atoms with Crippen molar-refractivity contribution >= 4 is 0 Å². The first-order valence-corrected chi connectivity index (χ1v) is 8.73. The molecule has 3 rings (SSSR count). The molecule has 0 spiro atoms. The fourth-order valence-electron chi connectivity index (χ4n) is 4.32. The van der Waals surface area contributed by atoms with Gasteiger partial charge in [0, 0.05) is 6.04 Å². The summed E-state index contributed by atoms with van der Waals surface area (Å²) in [4.78, 5) is 0. The Bertz CT molecular complexity index is 378. The minimum atomic E-state index is 0.720. The van der Waals surface area contributed by atoms with E-state index in [1.54, 1.807) is 5.56 Å². The maximum Gasteiger partial charge on any atom is 0.0164 e. The van der Waals surface area contributed by atoms with Crippen molar-refractivity contribution < 1.29 is 0 Å². The fraction of sp³-hybridized carbons (Fsp3) is 0.684. The minimum absolute atomic E-state index is 0.720. The molecular weight excluding hydrogens is 242 g/mol. The Labute approximate surface area is 124 Å². The van der Waals surface area contributed by atoms with Gasteiger partial charge in [-0.25, -0.2) is 0 Å². The van der Waals surface area contributed by atoms with Crippen LogP contribution < -0.4 is 5.32 Å². The summed E-state index contributed by atoms with van der Waals surface area (Å²) < 4.78 is 0. The van der Waals surface area contributed by atoms with Crippen LogP contribution in [0.1, 0.15) is 69.3 Å². The van der Waals surface area contributed by atoms with Crippen LogP contribution in [0.2, 0.25) is 0 Å². The van der Waals surface area contributed by atoms with Crippen LogP contribution in [-0.2, 0) is 0 Å². The predicted molar refractivity (Wildman–Crippen MR) is 86.0 cm³/mol. The normalized spacial score (nSPS) is 29.6. The Morgan fingerprint density at radius 2 is 1.45 bits per heavy atom. The molecule has 2 fully saturated rings. The first-order chi connectivity index (χ1) is 9.95. The first kappa shape index (κ1) is 14.1. The van der Waals surface area contributed by atoms with E-state index in [1.807, 2.05) is 0 Å². The average Bonchev–Trinajstić information content (AvgIpc) is 2.90. The molecule has 1 heterocycles. The van der Waals surface area contributed by atoms with E-state index in [9.17, 15) is 0 Å². The molecule has 1 heteroatoms. The molecule has 2 unspecified atom stereocenters. The van der Waals surface area contributed by atoms with Gasteiger partial charge in [-0.05, 0) is 49.6 Å². The highest BCUT2D eigenvalue weighted by Crippen LogP contribution is 2.36. The van der Waals surface area contributed by atoms with Crippen molar-refractivity contribution in [1.82, 2.24) is 5.32 Å². The van der Waals surface area contributed by atoms with Crippen LogP contribution in [-0.4, -0.2) is 12.6 Å². The summed E-state index contributed by atoms with van der Waals surface area (Å²) in [5.41, 5.74) is 1.57. The molecule has 1 N–H and O–H groups in total. The highest BCUT2D eigenvalue weighted by atomic mass is 14.9. The number of hydrogen-bond donors (Lipinski definition) is 1. The molecule has 1 saturated heterocycles. The Balaban J connectivity index is 1.79. The summed E-state index contributed by atoms with van der Waals surface area (Å²) in [6.07, 6.45) is 12.8. The van der Waals surface area contributed by atoms with Gasteiger partial charge in [0.2, 0.25) is 0 Å². The zero-order valence-corrected chi connectivity index (χ0v) is 12.7.